The third kappa shape index (κ3) is 5.77. The number of ether oxygens (including phenoxy) is 3. The van der Waals surface area contributed by atoms with Crippen LogP contribution in [-0.2, 0) is 15.9 Å². The van der Waals surface area contributed by atoms with Crippen LogP contribution in [0.25, 0.3) is 11.1 Å². The number of aliphatic hydroxyl groups is 2. The van der Waals surface area contributed by atoms with Gasteiger partial charge in [-0.2, -0.15) is 0 Å². The first kappa shape index (κ1) is 25.9. The van der Waals surface area contributed by atoms with Crippen LogP contribution in [0.5, 0.6) is 5.75 Å². The third-order valence-electron chi connectivity index (χ3n) is 6.41. The molecule has 7 heteroatoms. The van der Waals surface area contributed by atoms with E-state index >= 15 is 0 Å². The Bertz CT molecular complexity index is 1150. The fourth-order valence-corrected chi connectivity index (χ4v) is 4.55. The lowest BCUT2D eigenvalue weighted by Crippen LogP contribution is -2.63. The van der Waals surface area contributed by atoms with Gasteiger partial charge in [-0.05, 0) is 55.2 Å². The quantitative estimate of drug-likeness (QED) is 0.446. The van der Waals surface area contributed by atoms with E-state index in [9.17, 15) is 15.0 Å². The molecular weight excluding hydrogens is 458 g/mol. The van der Waals surface area contributed by atoms with Crippen molar-refractivity contribution in [2.45, 2.75) is 50.5 Å². The number of hydrogen-bond donors (Lipinski definition) is 3. The Labute approximate surface area is 211 Å². The van der Waals surface area contributed by atoms with Crippen LogP contribution >= 0.6 is 0 Å². The zero-order valence-corrected chi connectivity index (χ0v) is 20.8. The molecule has 4 rings (SSSR count). The van der Waals surface area contributed by atoms with E-state index in [2.05, 4.69) is 5.32 Å². The molecule has 1 saturated heterocycles. The maximum atomic E-state index is 13.3. The van der Waals surface area contributed by atoms with Gasteiger partial charge in [0.15, 0.2) is 0 Å². The highest BCUT2D eigenvalue weighted by Crippen LogP contribution is 2.34. The van der Waals surface area contributed by atoms with Gasteiger partial charge in [0.1, 0.15) is 24.1 Å². The lowest BCUT2D eigenvalue weighted by Gasteiger charge is -2.46. The minimum Gasteiger partial charge on any atom is -0.462 e. The molecule has 3 aromatic carbocycles. The highest BCUT2D eigenvalue weighted by Gasteiger charge is 2.50. The van der Waals surface area contributed by atoms with E-state index in [4.69, 9.17) is 14.2 Å². The molecule has 3 aromatic rings. The van der Waals surface area contributed by atoms with Crippen molar-refractivity contribution in [3.05, 3.63) is 90.0 Å². The molecule has 3 N–H and O–H groups in total. The predicted molar refractivity (Wildman–Crippen MR) is 137 cm³/mol. The summed E-state index contributed by atoms with van der Waals surface area (Å²) in [5.74, 6) is 0.103. The molecule has 7 nitrogen and oxygen atoms in total. The van der Waals surface area contributed by atoms with E-state index in [-0.39, 0.29) is 5.91 Å². The number of carbonyl (C=O) groups is 1. The maximum absolute atomic E-state index is 13.3. The molecule has 0 radical (unpaired) electrons. The highest BCUT2D eigenvalue weighted by atomic mass is 16.7. The topological polar surface area (TPSA) is 97.3 Å². The van der Waals surface area contributed by atoms with Crippen molar-refractivity contribution >= 4 is 5.91 Å². The SMILES string of the molecule is CO[C@@H]1[C@@H](O)[C@@H](O)[C@@H](Oc2ccc(-c3ccccc3)c(C(=O)NCCc3ccccc3)c2)OC1(C)C. The summed E-state index contributed by atoms with van der Waals surface area (Å²) in [7, 11) is 1.46. The summed E-state index contributed by atoms with van der Waals surface area (Å²) in [5, 5.41) is 24.2. The van der Waals surface area contributed by atoms with E-state index in [1.165, 1.54) is 7.11 Å². The van der Waals surface area contributed by atoms with E-state index in [1.807, 2.05) is 66.7 Å². The average molecular weight is 492 g/mol. The predicted octanol–water partition coefficient (Wildman–Crippen LogP) is 3.58. The number of benzene rings is 3. The standard InChI is InChI=1S/C29H33NO6/c1-29(2)26(34-3)24(31)25(32)28(36-29)35-21-14-15-22(20-12-8-5-9-13-20)23(18-21)27(33)30-17-16-19-10-6-4-7-11-19/h4-15,18,24-26,28,31-32H,16-17H2,1-3H3,(H,30,33)/t24-,25+,26+,28-/m0/s1. The Kier molecular flexibility index (Phi) is 8.06. The van der Waals surface area contributed by atoms with Crippen molar-refractivity contribution in [3.8, 4) is 16.9 Å². The van der Waals surface area contributed by atoms with Gasteiger partial charge in [-0.1, -0.05) is 60.7 Å². The summed E-state index contributed by atoms with van der Waals surface area (Å²) < 4.78 is 17.2. The van der Waals surface area contributed by atoms with Crippen LogP contribution in [-0.4, -0.2) is 60.0 Å². The molecule has 1 fully saturated rings. The van der Waals surface area contributed by atoms with E-state index < -0.39 is 30.2 Å². The van der Waals surface area contributed by atoms with Gasteiger partial charge in [-0.25, -0.2) is 0 Å². The Balaban J connectivity index is 1.56. The Morgan fingerprint density at radius 1 is 0.972 bits per heavy atom. The molecule has 190 valence electrons. The van der Waals surface area contributed by atoms with Crippen LogP contribution in [0.15, 0.2) is 78.9 Å². The van der Waals surface area contributed by atoms with Crippen molar-refractivity contribution in [1.29, 1.82) is 0 Å². The molecule has 0 saturated carbocycles. The van der Waals surface area contributed by atoms with Gasteiger partial charge >= 0.3 is 0 Å². The van der Waals surface area contributed by atoms with Gasteiger partial charge in [-0.3, -0.25) is 4.79 Å². The fraction of sp³-hybridized carbons (Fsp3) is 0.345. The monoisotopic (exact) mass is 491 g/mol. The minimum absolute atomic E-state index is 0.236. The molecule has 1 heterocycles. The molecule has 0 unspecified atom stereocenters. The van der Waals surface area contributed by atoms with Crippen LogP contribution in [0, 0.1) is 0 Å². The summed E-state index contributed by atoms with van der Waals surface area (Å²) in [6.45, 7) is 4.00. The van der Waals surface area contributed by atoms with Crippen LogP contribution in [0.3, 0.4) is 0 Å². The largest absolute Gasteiger partial charge is 0.462 e. The highest BCUT2D eigenvalue weighted by molar-refractivity contribution is 6.01. The first-order valence-electron chi connectivity index (χ1n) is 12.0. The van der Waals surface area contributed by atoms with Crippen molar-refractivity contribution in [3.63, 3.8) is 0 Å². The van der Waals surface area contributed by atoms with Crippen LogP contribution in [0.1, 0.15) is 29.8 Å². The maximum Gasteiger partial charge on any atom is 0.252 e. The third-order valence-corrected chi connectivity index (χ3v) is 6.41. The molecule has 4 atom stereocenters. The average Bonchev–Trinajstić information content (AvgIpc) is 2.88. The normalized spacial score (nSPS) is 23.1. The van der Waals surface area contributed by atoms with Gasteiger partial charge in [0.05, 0.1) is 11.2 Å². The Morgan fingerprint density at radius 2 is 1.64 bits per heavy atom. The van der Waals surface area contributed by atoms with Gasteiger partial charge < -0.3 is 29.7 Å². The Hall–Kier alpha value is -3.23. The second kappa shape index (κ2) is 11.2. The first-order valence-corrected chi connectivity index (χ1v) is 12.0. The number of methoxy groups -OCH3 is 1. The van der Waals surface area contributed by atoms with Crippen LogP contribution in [0.2, 0.25) is 0 Å². The molecule has 0 aromatic heterocycles. The second-order valence-electron chi connectivity index (χ2n) is 9.41. The van der Waals surface area contributed by atoms with Crippen LogP contribution in [0.4, 0.5) is 0 Å². The van der Waals surface area contributed by atoms with Crippen molar-refractivity contribution in [2.75, 3.05) is 13.7 Å². The summed E-state index contributed by atoms with van der Waals surface area (Å²) in [4.78, 5) is 13.3. The molecular formula is C29H33NO6. The first-order chi connectivity index (χ1) is 17.3. The minimum atomic E-state index is -1.33. The van der Waals surface area contributed by atoms with E-state index in [0.717, 1.165) is 16.7 Å². The fourth-order valence-electron chi connectivity index (χ4n) is 4.55. The molecule has 36 heavy (non-hydrogen) atoms. The molecule has 1 amide bonds. The summed E-state index contributed by atoms with van der Waals surface area (Å²) in [6.07, 6.45) is -3.69. The Morgan fingerprint density at radius 3 is 2.31 bits per heavy atom. The summed E-state index contributed by atoms with van der Waals surface area (Å²) in [5.41, 5.74) is 2.32. The number of amides is 1. The number of carbonyl (C=O) groups excluding carboxylic acids is 1. The summed E-state index contributed by atoms with van der Waals surface area (Å²) >= 11 is 0. The van der Waals surface area contributed by atoms with Gasteiger partial charge in [0, 0.05) is 13.7 Å². The molecule has 0 bridgehead atoms. The molecule has 1 aliphatic heterocycles. The zero-order valence-electron chi connectivity index (χ0n) is 20.8. The van der Waals surface area contributed by atoms with Gasteiger partial charge in [0.25, 0.3) is 5.91 Å². The van der Waals surface area contributed by atoms with E-state index in [1.54, 1.807) is 26.0 Å². The number of aliphatic hydroxyl groups excluding tert-OH is 2. The zero-order chi connectivity index (χ0) is 25.7. The number of rotatable bonds is 8. The van der Waals surface area contributed by atoms with Crippen molar-refractivity contribution in [2.24, 2.45) is 0 Å². The molecule has 0 aliphatic carbocycles. The summed E-state index contributed by atoms with van der Waals surface area (Å²) in [6, 6.07) is 24.8. The molecule has 1 aliphatic rings. The second-order valence-corrected chi connectivity index (χ2v) is 9.41. The smallest absolute Gasteiger partial charge is 0.252 e. The number of hydrogen-bond acceptors (Lipinski definition) is 6. The van der Waals surface area contributed by atoms with Crippen molar-refractivity contribution in [1.82, 2.24) is 5.32 Å². The van der Waals surface area contributed by atoms with Gasteiger partial charge in [-0.15, -0.1) is 0 Å². The molecule has 0 spiro atoms. The van der Waals surface area contributed by atoms with Crippen molar-refractivity contribution < 1.29 is 29.2 Å². The van der Waals surface area contributed by atoms with E-state index in [0.29, 0.717) is 24.3 Å². The lowest BCUT2D eigenvalue weighted by molar-refractivity contribution is -0.305. The van der Waals surface area contributed by atoms with Crippen LogP contribution < -0.4 is 10.1 Å². The van der Waals surface area contributed by atoms with Gasteiger partial charge in [0.2, 0.25) is 6.29 Å². The number of nitrogens with one attached hydrogen (secondary N) is 1. The lowest BCUT2D eigenvalue weighted by atomic mass is 9.89.